The fourth-order valence-corrected chi connectivity index (χ4v) is 4.04. The molecule has 0 saturated carbocycles. The van der Waals surface area contributed by atoms with Crippen LogP contribution in [-0.4, -0.2) is 43.3 Å². The van der Waals surface area contributed by atoms with Gasteiger partial charge in [-0.05, 0) is 37.1 Å². The average Bonchev–Trinajstić information content (AvgIpc) is 3.33. The van der Waals surface area contributed by atoms with Crippen molar-refractivity contribution in [2.45, 2.75) is 46.2 Å². The van der Waals surface area contributed by atoms with E-state index < -0.39 is 5.41 Å². The molecule has 1 saturated heterocycles. The highest BCUT2D eigenvalue weighted by molar-refractivity contribution is 6.08. The maximum absolute atomic E-state index is 12.8. The maximum Gasteiger partial charge on any atom is 0.171 e. The maximum atomic E-state index is 12.8. The molecule has 2 aromatic heterocycles. The second kappa shape index (κ2) is 8.03. The summed E-state index contributed by atoms with van der Waals surface area (Å²) in [5.41, 5.74) is 4.25. The van der Waals surface area contributed by atoms with Crippen molar-refractivity contribution in [2.75, 3.05) is 6.54 Å². The highest BCUT2D eigenvalue weighted by Crippen LogP contribution is 2.28. The lowest BCUT2D eigenvalue weighted by Gasteiger charge is -2.21. The van der Waals surface area contributed by atoms with Crippen LogP contribution < -0.4 is 0 Å². The molecule has 1 atom stereocenters. The van der Waals surface area contributed by atoms with Crippen LogP contribution in [0.15, 0.2) is 49.0 Å². The number of nitrogens with one attached hydrogen (secondary N) is 1. The Bertz CT molecular complexity index is 1090. The predicted molar refractivity (Wildman–Crippen MR) is 118 cm³/mol. The molecule has 1 aliphatic rings. The number of aliphatic hydroxyl groups is 1. The van der Waals surface area contributed by atoms with Crippen molar-refractivity contribution in [1.82, 2.24) is 19.9 Å². The van der Waals surface area contributed by atoms with Crippen LogP contribution in [0.5, 0.6) is 0 Å². The third-order valence-corrected chi connectivity index (χ3v) is 5.64. The van der Waals surface area contributed by atoms with Gasteiger partial charge in [-0.2, -0.15) is 0 Å². The number of carbonyl (C=O) groups is 1. The van der Waals surface area contributed by atoms with Gasteiger partial charge in [0, 0.05) is 29.8 Å². The van der Waals surface area contributed by atoms with Crippen LogP contribution in [0, 0.1) is 5.41 Å². The predicted octanol–water partition coefficient (Wildman–Crippen LogP) is 4.89. The van der Waals surface area contributed by atoms with Gasteiger partial charge in [-0.25, -0.2) is 9.97 Å². The van der Waals surface area contributed by atoms with E-state index in [1.807, 2.05) is 39.0 Å². The van der Waals surface area contributed by atoms with E-state index in [1.165, 1.54) is 5.56 Å². The van der Waals surface area contributed by atoms with Gasteiger partial charge in [0.2, 0.25) is 0 Å². The lowest BCUT2D eigenvalue weighted by molar-refractivity contribution is 0.0860. The van der Waals surface area contributed by atoms with E-state index in [1.54, 1.807) is 12.4 Å². The summed E-state index contributed by atoms with van der Waals surface area (Å²) in [7, 11) is 0. The number of hydrogen-bond acceptors (Lipinski definition) is 5. The molecule has 1 aliphatic heterocycles. The number of aromatic nitrogens is 3. The molecule has 2 N–H and O–H groups in total. The Morgan fingerprint density at radius 2 is 2.20 bits per heavy atom. The number of aromatic amines is 1. The van der Waals surface area contributed by atoms with Crippen LogP contribution in [0.1, 0.15) is 49.5 Å². The second-order valence-corrected chi connectivity index (χ2v) is 8.96. The first-order valence-electron chi connectivity index (χ1n) is 10.4. The SMILES string of the molecule is CC(C)(C)C(=O)c1c[nH]c2ncc(-c3cccc(CN4CCCC4/C=C\O)c3)nc12. The van der Waals surface area contributed by atoms with Crippen LogP contribution >= 0.6 is 0 Å². The van der Waals surface area contributed by atoms with E-state index in [-0.39, 0.29) is 11.8 Å². The van der Waals surface area contributed by atoms with Gasteiger partial charge in [-0.3, -0.25) is 9.69 Å². The zero-order valence-corrected chi connectivity index (χ0v) is 17.7. The summed E-state index contributed by atoms with van der Waals surface area (Å²) >= 11 is 0. The molecule has 156 valence electrons. The Morgan fingerprint density at radius 1 is 1.37 bits per heavy atom. The smallest absolute Gasteiger partial charge is 0.171 e. The molecule has 6 nitrogen and oxygen atoms in total. The largest absolute Gasteiger partial charge is 0.516 e. The Hall–Kier alpha value is -2.99. The number of carbonyl (C=O) groups excluding carboxylic acids is 1. The highest BCUT2D eigenvalue weighted by atomic mass is 16.2. The number of H-pyrrole nitrogens is 1. The number of Topliss-reactive ketones (excluding diaryl/α,β-unsaturated/α-hetero) is 1. The molecule has 1 fully saturated rings. The molecule has 30 heavy (non-hydrogen) atoms. The third kappa shape index (κ3) is 4.00. The first kappa shape index (κ1) is 20.3. The lowest BCUT2D eigenvalue weighted by atomic mass is 9.87. The van der Waals surface area contributed by atoms with Gasteiger partial charge in [-0.15, -0.1) is 0 Å². The molecule has 0 bridgehead atoms. The average molecular weight is 405 g/mol. The van der Waals surface area contributed by atoms with Gasteiger partial charge in [0.25, 0.3) is 0 Å². The number of rotatable bonds is 5. The van der Waals surface area contributed by atoms with Crippen molar-refractivity contribution in [2.24, 2.45) is 5.41 Å². The second-order valence-electron chi connectivity index (χ2n) is 8.96. The molecular formula is C24H28N4O2. The monoisotopic (exact) mass is 404 g/mol. The summed E-state index contributed by atoms with van der Waals surface area (Å²) in [5.74, 6) is 0.0472. The molecule has 0 radical (unpaired) electrons. The molecule has 0 spiro atoms. The van der Waals surface area contributed by atoms with E-state index in [4.69, 9.17) is 10.1 Å². The Morgan fingerprint density at radius 3 is 2.97 bits per heavy atom. The van der Waals surface area contributed by atoms with Crippen LogP contribution in [0.2, 0.25) is 0 Å². The molecule has 4 rings (SSSR count). The summed E-state index contributed by atoms with van der Waals surface area (Å²) in [4.78, 5) is 27.5. The first-order valence-corrected chi connectivity index (χ1v) is 10.4. The summed E-state index contributed by atoms with van der Waals surface area (Å²) in [6, 6.07) is 8.57. The number of aliphatic hydroxyl groups excluding tert-OH is 1. The van der Waals surface area contributed by atoms with E-state index in [0.717, 1.165) is 43.5 Å². The lowest BCUT2D eigenvalue weighted by Crippen LogP contribution is -2.27. The molecule has 1 unspecified atom stereocenters. The number of nitrogens with zero attached hydrogens (tertiary/aromatic N) is 3. The highest BCUT2D eigenvalue weighted by Gasteiger charge is 2.26. The van der Waals surface area contributed by atoms with Gasteiger partial charge in [0.15, 0.2) is 11.4 Å². The number of benzene rings is 1. The fourth-order valence-electron chi connectivity index (χ4n) is 4.04. The van der Waals surface area contributed by atoms with Gasteiger partial charge in [0.1, 0.15) is 5.52 Å². The zero-order valence-electron chi connectivity index (χ0n) is 17.7. The van der Waals surface area contributed by atoms with E-state index in [2.05, 4.69) is 27.0 Å². The normalized spacial score (nSPS) is 17.9. The number of fused-ring (bicyclic) bond motifs is 1. The summed E-state index contributed by atoms with van der Waals surface area (Å²) in [6.07, 6.45) is 8.66. The molecule has 1 aromatic carbocycles. The topological polar surface area (TPSA) is 82.1 Å². The van der Waals surface area contributed by atoms with E-state index >= 15 is 0 Å². The molecule has 3 aromatic rings. The fraction of sp³-hybridized carbons (Fsp3) is 0.375. The molecular weight excluding hydrogens is 376 g/mol. The van der Waals surface area contributed by atoms with Crippen molar-refractivity contribution in [1.29, 1.82) is 0 Å². The Labute approximate surface area is 176 Å². The number of hydrogen-bond donors (Lipinski definition) is 2. The number of likely N-dealkylation sites (tertiary alicyclic amines) is 1. The van der Waals surface area contributed by atoms with Crippen molar-refractivity contribution in [3.8, 4) is 11.3 Å². The molecule has 6 heteroatoms. The van der Waals surface area contributed by atoms with Crippen molar-refractivity contribution in [3.05, 3.63) is 60.1 Å². The van der Waals surface area contributed by atoms with Gasteiger partial charge < -0.3 is 10.1 Å². The van der Waals surface area contributed by atoms with E-state index in [0.29, 0.717) is 16.7 Å². The third-order valence-electron chi connectivity index (χ3n) is 5.64. The molecule has 0 aliphatic carbocycles. The Kier molecular flexibility index (Phi) is 5.43. The van der Waals surface area contributed by atoms with Gasteiger partial charge in [-0.1, -0.05) is 39.0 Å². The minimum Gasteiger partial charge on any atom is -0.516 e. The summed E-state index contributed by atoms with van der Waals surface area (Å²) < 4.78 is 0. The minimum atomic E-state index is -0.484. The van der Waals surface area contributed by atoms with Crippen LogP contribution in [0.4, 0.5) is 0 Å². The molecule has 3 heterocycles. The van der Waals surface area contributed by atoms with Crippen LogP contribution in [0.25, 0.3) is 22.4 Å². The minimum absolute atomic E-state index is 0.0472. The quantitative estimate of drug-likeness (QED) is 0.467. The van der Waals surface area contributed by atoms with E-state index in [9.17, 15) is 4.79 Å². The van der Waals surface area contributed by atoms with Crippen molar-refractivity contribution < 1.29 is 9.90 Å². The van der Waals surface area contributed by atoms with Crippen LogP contribution in [0.3, 0.4) is 0 Å². The van der Waals surface area contributed by atoms with Crippen LogP contribution in [-0.2, 0) is 6.54 Å². The summed E-state index contributed by atoms with van der Waals surface area (Å²) in [6.45, 7) is 7.56. The zero-order chi connectivity index (χ0) is 21.3. The van der Waals surface area contributed by atoms with Gasteiger partial charge >= 0.3 is 0 Å². The van der Waals surface area contributed by atoms with Crippen molar-refractivity contribution in [3.63, 3.8) is 0 Å². The first-order chi connectivity index (χ1) is 14.4. The molecule has 0 amide bonds. The van der Waals surface area contributed by atoms with Crippen molar-refractivity contribution >= 4 is 16.9 Å². The van der Waals surface area contributed by atoms with Gasteiger partial charge in [0.05, 0.1) is 23.7 Å². The summed E-state index contributed by atoms with van der Waals surface area (Å²) in [5, 5.41) is 9.13. The number of ketones is 1. The Balaban J connectivity index is 1.64. The standard InChI is InChI=1S/C24H28N4O2/c1-24(2,3)22(30)19-13-25-23-21(19)27-20(14-26-23)17-7-4-6-16(12-17)15-28-10-5-8-18(28)9-11-29/h4,6-7,9,11-14,18,29H,5,8,10,15H2,1-3H3,(H,25,26)/b11-9-.